The largest absolute Gasteiger partial charge is 0.497 e. The number of nitrogens with one attached hydrogen (secondary N) is 3. The van der Waals surface area contributed by atoms with Gasteiger partial charge in [-0.25, -0.2) is 0 Å². The van der Waals surface area contributed by atoms with Crippen LogP contribution >= 0.6 is 0 Å². The average Bonchev–Trinajstić information content (AvgIpc) is 3.77. The number of aromatic nitrogens is 5. The number of methoxy groups -OCH3 is 2. The second kappa shape index (κ2) is 12.4. The number of nitrogens with zero attached hydrogens (tertiary/aromatic N) is 3. The van der Waals surface area contributed by atoms with E-state index in [4.69, 9.17) is 15.2 Å². The topological polar surface area (TPSA) is 136 Å². The number of ether oxygens (including phenoxy) is 2. The van der Waals surface area contributed by atoms with Crippen molar-refractivity contribution in [2.75, 3.05) is 20.8 Å². The monoisotopic (exact) mass is 577 g/mol. The summed E-state index contributed by atoms with van der Waals surface area (Å²) in [7, 11) is 3.27. The molecular weight excluding hydrogens is 542 g/mol. The van der Waals surface area contributed by atoms with Crippen molar-refractivity contribution in [1.82, 2.24) is 30.0 Å². The zero-order chi connectivity index (χ0) is 29.8. The van der Waals surface area contributed by atoms with E-state index in [2.05, 4.69) is 54.4 Å². The number of aryl methyl sites for hydroxylation is 2. The summed E-state index contributed by atoms with van der Waals surface area (Å²) < 4.78 is 13.2. The molecule has 0 saturated carbocycles. The molecule has 1 amide bonds. The van der Waals surface area contributed by atoms with Crippen LogP contribution in [0.25, 0.3) is 21.8 Å². The number of rotatable bonds is 12. The lowest BCUT2D eigenvalue weighted by atomic mass is 10.0. The van der Waals surface area contributed by atoms with Gasteiger partial charge in [-0.1, -0.05) is 36.4 Å². The van der Waals surface area contributed by atoms with E-state index in [1.807, 2.05) is 54.7 Å². The molecule has 3 heterocycles. The minimum Gasteiger partial charge on any atom is -0.497 e. The van der Waals surface area contributed by atoms with Crippen LogP contribution in [0, 0.1) is 0 Å². The number of H-pyrrole nitrogens is 2. The van der Waals surface area contributed by atoms with E-state index in [1.165, 1.54) is 10.9 Å². The molecule has 0 aliphatic heterocycles. The van der Waals surface area contributed by atoms with Crippen LogP contribution in [0.2, 0.25) is 0 Å². The van der Waals surface area contributed by atoms with Gasteiger partial charge in [0.25, 0.3) is 0 Å². The lowest BCUT2D eigenvalue weighted by molar-refractivity contribution is -0.120. The molecule has 10 nitrogen and oxygen atoms in total. The van der Waals surface area contributed by atoms with E-state index in [-0.39, 0.29) is 12.5 Å². The Hall–Kier alpha value is -5.09. The predicted molar refractivity (Wildman–Crippen MR) is 166 cm³/mol. The van der Waals surface area contributed by atoms with Crippen LogP contribution in [0.15, 0.2) is 79.1 Å². The first-order valence-electron chi connectivity index (χ1n) is 14.3. The van der Waals surface area contributed by atoms with Crippen LogP contribution in [-0.2, 0) is 30.6 Å². The first-order valence-corrected chi connectivity index (χ1v) is 14.3. The van der Waals surface area contributed by atoms with E-state index in [0.29, 0.717) is 36.7 Å². The van der Waals surface area contributed by atoms with Gasteiger partial charge in [-0.05, 0) is 41.8 Å². The molecule has 0 aliphatic rings. The van der Waals surface area contributed by atoms with Crippen LogP contribution in [-0.4, -0.2) is 51.4 Å². The number of carbonyl (C=O) groups is 1. The molecule has 5 N–H and O–H groups in total. The lowest BCUT2D eigenvalue weighted by Gasteiger charge is -2.21. The van der Waals surface area contributed by atoms with Crippen molar-refractivity contribution in [3.8, 4) is 11.5 Å². The maximum Gasteiger partial charge on any atom is 0.234 e. The van der Waals surface area contributed by atoms with Crippen molar-refractivity contribution in [2.24, 2.45) is 5.73 Å². The molecule has 6 rings (SSSR count). The van der Waals surface area contributed by atoms with Gasteiger partial charge in [-0.15, -0.1) is 10.2 Å². The number of carbonyl (C=O) groups excluding carboxylic acids is 1. The molecule has 0 radical (unpaired) electrons. The van der Waals surface area contributed by atoms with Crippen molar-refractivity contribution in [3.05, 3.63) is 107 Å². The van der Waals surface area contributed by atoms with Gasteiger partial charge < -0.3 is 35.1 Å². The molecule has 0 saturated heterocycles. The third-order valence-electron chi connectivity index (χ3n) is 7.90. The summed E-state index contributed by atoms with van der Waals surface area (Å²) in [5, 5.41) is 14.8. The standard InChI is InChI=1S/C33H35N7O3/c1-42-24-13-11-22(30(16-24)43-2)20-40-31(14-12-21-18-35-27-9-5-3-7-25(21)27)38-39-33(40)29(37-32(41)17-34)15-23-19-36-28-10-6-4-8-26(23)28/h3-11,13,16,18-19,29,35-36H,12,14-15,17,20,34H2,1-2H3,(H,37,41). The first-order chi connectivity index (χ1) is 21.1. The van der Waals surface area contributed by atoms with E-state index in [1.54, 1.807) is 14.2 Å². The normalized spacial score (nSPS) is 12.1. The highest BCUT2D eigenvalue weighted by atomic mass is 16.5. The fourth-order valence-electron chi connectivity index (χ4n) is 5.68. The Balaban J connectivity index is 1.39. The van der Waals surface area contributed by atoms with Gasteiger partial charge in [-0.3, -0.25) is 4.79 Å². The third kappa shape index (κ3) is 5.82. The Labute approximate surface area is 249 Å². The summed E-state index contributed by atoms with van der Waals surface area (Å²) in [6, 6.07) is 21.7. The minimum atomic E-state index is -0.464. The molecule has 10 heteroatoms. The van der Waals surface area contributed by atoms with Gasteiger partial charge in [0, 0.05) is 58.7 Å². The molecule has 0 spiro atoms. The third-order valence-corrected chi connectivity index (χ3v) is 7.90. The fourth-order valence-corrected chi connectivity index (χ4v) is 5.68. The van der Waals surface area contributed by atoms with Crippen molar-refractivity contribution in [2.45, 2.75) is 31.8 Å². The van der Waals surface area contributed by atoms with Crippen molar-refractivity contribution in [1.29, 1.82) is 0 Å². The number of benzene rings is 3. The molecule has 6 aromatic rings. The molecule has 3 aromatic heterocycles. The minimum absolute atomic E-state index is 0.127. The summed E-state index contributed by atoms with van der Waals surface area (Å²) in [6.07, 6.45) is 5.97. The van der Waals surface area contributed by atoms with Crippen molar-refractivity contribution < 1.29 is 14.3 Å². The van der Waals surface area contributed by atoms with Gasteiger partial charge in [0.1, 0.15) is 17.3 Å². The van der Waals surface area contributed by atoms with Crippen LogP contribution in [0.4, 0.5) is 0 Å². The van der Waals surface area contributed by atoms with Gasteiger partial charge in [0.15, 0.2) is 5.82 Å². The summed E-state index contributed by atoms with van der Waals surface area (Å²) in [6.45, 7) is 0.319. The average molecular weight is 578 g/mol. The second-order valence-electron chi connectivity index (χ2n) is 10.5. The first kappa shape index (κ1) is 28.0. The van der Waals surface area contributed by atoms with Crippen molar-refractivity contribution in [3.63, 3.8) is 0 Å². The lowest BCUT2D eigenvalue weighted by Crippen LogP contribution is -2.36. The smallest absolute Gasteiger partial charge is 0.234 e. The molecule has 0 bridgehead atoms. The number of hydrogen-bond donors (Lipinski definition) is 4. The summed E-state index contributed by atoms with van der Waals surface area (Å²) in [5.74, 6) is 2.60. The Morgan fingerprint density at radius 3 is 2.28 bits per heavy atom. The highest BCUT2D eigenvalue weighted by molar-refractivity contribution is 5.84. The van der Waals surface area contributed by atoms with E-state index >= 15 is 0 Å². The quantitative estimate of drug-likeness (QED) is 0.170. The Kier molecular flexibility index (Phi) is 8.10. The summed E-state index contributed by atoms with van der Waals surface area (Å²) in [5.41, 5.74) is 11.1. The highest BCUT2D eigenvalue weighted by Crippen LogP contribution is 2.29. The number of para-hydroxylation sites is 2. The predicted octanol–water partition coefficient (Wildman–Crippen LogP) is 4.45. The van der Waals surface area contributed by atoms with Gasteiger partial charge >= 0.3 is 0 Å². The van der Waals surface area contributed by atoms with Crippen LogP contribution in [0.1, 0.15) is 34.4 Å². The summed E-state index contributed by atoms with van der Waals surface area (Å²) >= 11 is 0. The SMILES string of the molecule is COc1ccc(Cn2c(CCc3c[nH]c4ccccc34)nnc2C(Cc2c[nH]c3ccccc23)NC(=O)CN)c(OC)c1. The Morgan fingerprint density at radius 2 is 1.58 bits per heavy atom. The molecule has 0 fully saturated rings. The number of fused-ring (bicyclic) bond motifs is 2. The molecule has 3 aromatic carbocycles. The Bertz CT molecular complexity index is 1870. The van der Waals surface area contributed by atoms with Gasteiger partial charge in [-0.2, -0.15) is 0 Å². The number of aromatic amines is 2. The number of amides is 1. The van der Waals surface area contributed by atoms with E-state index in [0.717, 1.165) is 39.8 Å². The maximum atomic E-state index is 12.7. The zero-order valence-corrected chi connectivity index (χ0v) is 24.3. The molecule has 0 aliphatic carbocycles. The molecular formula is C33H35N7O3. The van der Waals surface area contributed by atoms with Gasteiger partial charge in [0.05, 0.1) is 33.4 Å². The van der Waals surface area contributed by atoms with E-state index < -0.39 is 6.04 Å². The van der Waals surface area contributed by atoms with Crippen LogP contribution in [0.5, 0.6) is 11.5 Å². The molecule has 1 atom stereocenters. The maximum absolute atomic E-state index is 12.7. The second-order valence-corrected chi connectivity index (χ2v) is 10.5. The zero-order valence-electron chi connectivity index (χ0n) is 24.3. The molecule has 43 heavy (non-hydrogen) atoms. The highest BCUT2D eigenvalue weighted by Gasteiger charge is 2.25. The molecule has 1 unspecified atom stereocenters. The van der Waals surface area contributed by atoms with Crippen molar-refractivity contribution >= 4 is 27.7 Å². The van der Waals surface area contributed by atoms with Crippen LogP contribution < -0.4 is 20.5 Å². The number of hydrogen-bond acceptors (Lipinski definition) is 6. The Morgan fingerprint density at radius 1 is 0.884 bits per heavy atom. The van der Waals surface area contributed by atoms with E-state index in [9.17, 15) is 4.79 Å². The molecule has 220 valence electrons. The fraction of sp³-hybridized carbons (Fsp3) is 0.242. The number of nitrogens with two attached hydrogens (primary N) is 1. The van der Waals surface area contributed by atoms with Gasteiger partial charge in [0.2, 0.25) is 5.91 Å². The summed E-state index contributed by atoms with van der Waals surface area (Å²) in [4.78, 5) is 19.4. The van der Waals surface area contributed by atoms with Crippen LogP contribution in [0.3, 0.4) is 0 Å².